The molecule has 0 aromatic carbocycles. The molecule has 0 amide bonds. The number of nitrogens with one attached hydrogen (secondary N) is 1. The quantitative estimate of drug-likeness (QED) is 0.385. The van der Waals surface area contributed by atoms with Gasteiger partial charge in [-0.05, 0) is 25.2 Å². The summed E-state index contributed by atoms with van der Waals surface area (Å²) >= 11 is 0. The topological polar surface area (TPSA) is 91.5 Å². The molecule has 0 bridgehead atoms. The van der Waals surface area contributed by atoms with E-state index in [-0.39, 0.29) is 5.96 Å². The van der Waals surface area contributed by atoms with Crippen LogP contribution in [-0.2, 0) is 0 Å². The molecule has 0 saturated carbocycles. The Labute approximate surface area is 84.7 Å². The minimum absolute atomic E-state index is 0.222. The van der Waals surface area contributed by atoms with Gasteiger partial charge in [0.25, 0.3) is 0 Å². The predicted octanol–water partition coefficient (Wildman–Crippen LogP) is 0.317. The fraction of sp³-hybridized carbons (Fsp3) is 0.778. The summed E-state index contributed by atoms with van der Waals surface area (Å²) in [6, 6.07) is 0. The van der Waals surface area contributed by atoms with Crippen LogP contribution in [0.15, 0.2) is 4.99 Å². The second kappa shape index (κ2) is 4.83. The van der Waals surface area contributed by atoms with E-state index in [2.05, 4.69) is 11.9 Å². The van der Waals surface area contributed by atoms with Crippen molar-refractivity contribution < 1.29 is 0 Å². The summed E-state index contributed by atoms with van der Waals surface area (Å²) in [6.07, 6.45) is 3.51. The highest BCUT2D eigenvalue weighted by atomic mass is 15.3. The number of hydrogen-bond acceptors (Lipinski definition) is 1. The molecule has 5 N–H and O–H groups in total. The molecule has 5 nitrogen and oxygen atoms in total. The van der Waals surface area contributed by atoms with Gasteiger partial charge in [0.2, 0.25) is 5.96 Å². The highest BCUT2D eigenvalue weighted by Crippen LogP contribution is 2.15. The zero-order valence-electron chi connectivity index (χ0n) is 8.66. The van der Waals surface area contributed by atoms with Crippen LogP contribution in [0.5, 0.6) is 0 Å². The summed E-state index contributed by atoms with van der Waals surface area (Å²) in [7, 11) is 0. The monoisotopic (exact) mass is 197 g/mol. The average Bonchev–Trinajstić information content (AvgIpc) is 2.28. The van der Waals surface area contributed by atoms with Crippen molar-refractivity contribution >= 4 is 11.9 Å². The van der Waals surface area contributed by atoms with Crippen molar-refractivity contribution in [2.24, 2.45) is 22.4 Å². The van der Waals surface area contributed by atoms with Gasteiger partial charge in [-0.3, -0.25) is 5.41 Å². The zero-order valence-corrected chi connectivity index (χ0v) is 8.66. The number of nitrogens with zero attached hydrogens (tertiary/aromatic N) is 2. The van der Waals surface area contributed by atoms with Crippen LogP contribution in [0.2, 0.25) is 0 Å². The summed E-state index contributed by atoms with van der Waals surface area (Å²) < 4.78 is 0. The average molecular weight is 197 g/mol. The molecule has 1 heterocycles. The van der Waals surface area contributed by atoms with Crippen LogP contribution >= 0.6 is 0 Å². The summed E-state index contributed by atoms with van der Waals surface area (Å²) in [5.41, 5.74) is 10.9. The number of hydrogen-bond donors (Lipinski definition) is 3. The lowest BCUT2D eigenvalue weighted by atomic mass is 10.0. The van der Waals surface area contributed by atoms with Gasteiger partial charge in [-0.25, -0.2) is 0 Å². The van der Waals surface area contributed by atoms with Gasteiger partial charge in [0.1, 0.15) is 0 Å². The molecule has 1 aliphatic heterocycles. The van der Waals surface area contributed by atoms with E-state index in [0.717, 1.165) is 31.8 Å². The second-order valence-corrected chi connectivity index (χ2v) is 3.88. The zero-order chi connectivity index (χ0) is 10.6. The van der Waals surface area contributed by atoms with E-state index >= 15 is 0 Å². The first-order valence-electron chi connectivity index (χ1n) is 5.02. The molecule has 1 unspecified atom stereocenters. The first kappa shape index (κ1) is 10.8. The molecular formula is C9H19N5. The third-order valence-electron chi connectivity index (χ3n) is 2.58. The Morgan fingerprint density at radius 1 is 1.36 bits per heavy atom. The van der Waals surface area contributed by atoms with E-state index in [1.54, 1.807) is 0 Å². The Kier molecular flexibility index (Phi) is 3.73. The number of guanidine groups is 2. The first-order valence-corrected chi connectivity index (χ1v) is 5.02. The molecule has 5 heteroatoms. The van der Waals surface area contributed by atoms with Crippen LogP contribution in [0, 0.1) is 11.3 Å². The van der Waals surface area contributed by atoms with Crippen molar-refractivity contribution in [3.05, 3.63) is 0 Å². The molecule has 1 rings (SSSR count). The molecule has 0 radical (unpaired) electrons. The molecule has 0 aliphatic carbocycles. The second-order valence-electron chi connectivity index (χ2n) is 3.88. The lowest BCUT2D eigenvalue weighted by molar-refractivity contribution is 0.421. The van der Waals surface area contributed by atoms with E-state index in [0.29, 0.717) is 5.96 Å². The largest absolute Gasteiger partial charge is 0.369 e. The molecule has 0 aromatic rings. The summed E-state index contributed by atoms with van der Waals surface area (Å²) in [4.78, 5) is 5.75. The van der Waals surface area contributed by atoms with E-state index in [4.69, 9.17) is 16.9 Å². The number of nitrogens with two attached hydrogens (primary N) is 2. The maximum atomic E-state index is 7.02. The van der Waals surface area contributed by atoms with Gasteiger partial charge in [0.15, 0.2) is 5.96 Å². The van der Waals surface area contributed by atoms with Crippen molar-refractivity contribution in [2.45, 2.75) is 26.2 Å². The Balaban J connectivity index is 2.55. The number of aliphatic imine (C=N–C) groups is 1. The normalized spacial score (nSPS) is 24.5. The molecule has 0 aromatic heterocycles. The molecule has 1 atom stereocenters. The van der Waals surface area contributed by atoms with Gasteiger partial charge in [0.05, 0.1) is 0 Å². The van der Waals surface area contributed by atoms with Gasteiger partial charge in [-0.2, -0.15) is 4.99 Å². The first-order chi connectivity index (χ1) is 6.59. The van der Waals surface area contributed by atoms with Crippen molar-refractivity contribution in [3.63, 3.8) is 0 Å². The number of rotatable bonds is 0. The van der Waals surface area contributed by atoms with Gasteiger partial charge < -0.3 is 16.4 Å². The van der Waals surface area contributed by atoms with E-state index in [1.807, 2.05) is 4.90 Å². The van der Waals surface area contributed by atoms with Gasteiger partial charge in [-0.1, -0.05) is 6.92 Å². The minimum atomic E-state index is -0.222. The smallest absolute Gasteiger partial charge is 0.215 e. The van der Waals surface area contributed by atoms with E-state index in [1.165, 1.54) is 6.42 Å². The van der Waals surface area contributed by atoms with Crippen LogP contribution in [0.4, 0.5) is 0 Å². The van der Waals surface area contributed by atoms with Gasteiger partial charge in [0, 0.05) is 13.1 Å². The van der Waals surface area contributed by atoms with Crippen LogP contribution in [0.25, 0.3) is 0 Å². The highest BCUT2D eigenvalue weighted by Gasteiger charge is 2.14. The van der Waals surface area contributed by atoms with Crippen molar-refractivity contribution in [1.29, 1.82) is 5.41 Å². The van der Waals surface area contributed by atoms with Crippen LogP contribution in [-0.4, -0.2) is 29.9 Å². The lowest BCUT2D eigenvalue weighted by Gasteiger charge is -2.20. The Morgan fingerprint density at radius 2 is 2.07 bits per heavy atom. The van der Waals surface area contributed by atoms with Crippen molar-refractivity contribution in [1.82, 2.24) is 4.90 Å². The predicted molar refractivity (Wildman–Crippen MR) is 58.1 cm³/mol. The lowest BCUT2D eigenvalue weighted by Crippen LogP contribution is -2.39. The SMILES string of the molecule is CC1CCCN(/C(N)=N/C(=N)N)CC1. The minimum Gasteiger partial charge on any atom is -0.369 e. The maximum absolute atomic E-state index is 7.02. The Hall–Kier alpha value is -1.26. The molecule has 0 spiro atoms. The summed E-state index contributed by atoms with van der Waals surface area (Å²) in [5, 5.41) is 7.02. The van der Waals surface area contributed by atoms with Crippen LogP contribution in [0.1, 0.15) is 26.2 Å². The third-order valence-corrected chi connectivity index (χ3v) is 2.58. The summed E-state index contributed by atoms with van der Waals surface area (Å²) in [6.45, 7) is 4.10. The fourth-order valence-corrected chi connectivity index (χ4v) is 1.69. The maximum Gasteiger partial charge on any atom is 0.215 e. The third kappa shape index (κ3) is 3.24. The number of likely N-dealkylation sites (tertiary alicyclic amines) is 1. The standard InChI is InChI=1S/C9H19N5/c1-7-3-2-5-14(6-4-7)9(12)13-8(10)11/h7H,2-6H2,1H3,(H5,10,11,12,13). The molecular weight excluding hydrogens is 178 g/mol. The molecule has 1 fully saturated rings. The summed E-state index contributed by atoms with van der Waals surface area (Å²) in [5.74, 6) is 0.913. The molecule has 80 valence electrons. The molecule has 14 heavy (non-hydrogen) atoms. The van der Waals surface area contributed by atoms with Crippen molar-refractivity contribution in [3.8, 4) is 0 Å². The molecule has 1 aliphatic rings. The fourth-order valence-electron chi connectivity index (χ4n) is 1.69. The van der Waals surface area contributed by atoms with Crippen molar-refractivity contribution in [2.75, 3.05) is 13.1 Å². The highest BCUT2D eigenvalue weighted by molar-refractivity contribution is 5.91. The van der Waals surface area contributed by atoms with Crippen LogP contribution < -0.4 is 11.5 Å². The van der Waals surface area contributed by atoms with E-state index < -0.39 is 0 Å². The van der Waals surface area contributed by atoms with Crippen LogP contribution in [0.3, 0.4) is 0 Å². The Morgan fingerprint density at radius 3 is 2.71 bits per heavy atom. The van der Waals surface area contributed by atoms with Gasteiger partial charge in [-0.15, -0.1) is 0 Å². The Bertz CT molecular complexity index is 235. The van der Waals surface area contributed by atoms with E-state index in [9.17, 15) is 0 Å². The van der Waals surface area contributed by atoms with Gasteiger partial charge >= 0.3 is 0 Å². The molecule has 1 saturated heterocycles.